The van der Waals surface area contributed by atoms with E-state index in [0.717, 1.165) is 0 Å². The first-order chi connectivity index (χ1) is 7.70. The van der Waals surface area contributed by atoms with E-state index in [1.165, 1.54) is 6.07 Å². The summed E-state index contributed by atoms with van der Waals surface area (Å²) in [5, 5.41) is 8.97. The van der Waals surface area contributed by atoms with Gasteiger partial charge in [0.25, 0.3) is 0 Å². The zero-order chi connectivity index (χ0) is 11.5. The number of ether oxygens (including phenoxy) is 2. The molecule has 0 spiro atoms. The third-order valence-electron chi connectivity index (χ3n) is 2.22. The number of hydrogen-bond acceptors (Lipinski definition) is 4. The lowest BCUT2D eigenvalue weighted by Gasteiger charge is -2.11. The van der Waals surface area contributed by atoms with Crippen molar-refractivity contribution >= 4 is 17.6 Å². The van der Waals surface area contributed by atoms with Crippen molar-refractivity contribution in [2.75, 3.05) is 6.61 Å². The molecule has 82 valence electrons. The van der Waals surface area contributed by atoms with Gasteiger partial charge in [0.05, 0.1) is 23.3 Å². The van der Waals surface area contributed by atoms with Gasteiger partial charge in [0.2, 0.25) is 0 Å². The molecule has 0 unspecified atom stereocenters. The van der Waals surface area contributed by atoms with Crippen molar-refractivity contribution in [1.29, 1.82) is 5.26 Å². The van der Waals surface area contributed by atoms with Crippen LogP contribution in [0.15, 0.2) is 18.2 Å². The van der Waals surface area contributed by atoms with Gasteiger partial charge in [-0.25, -0.2) is 4.79 Å². The number of carbonyl (C=O) groups is 1. The summed E-state index contributed by atoms with van der Waals surface area (Å²) in [6.07, 6.45) is -0.0692. The molecule has 1 aliphatic rings. The van der Waals surface area contributed by atoms with Gasteiger partial charge < -0.3 is 9.47 Å². The Kier molecular flexibility index (Phi) is 2.97. The number of nitriles is 1. The van der Waals surface area contributed by atoms with Gasteiger partial charge in [0, 0.05) is 6.42 Å². The van der Waals surface area contributed by atoms with Gasteiger partial charge in [-0.15, -0.1) is 0 Å². The van der Waals surface area contributed by atoms with Gasteiger partial charge in [-0.2, -0.15) is 5.26 Å². The highest BCUT2D eigenvalue weighted by molar-refractivity contribution is 6.32. The van der Waals surface area contributed by atoms with E-state index in [1.54, 1.807) is 12.1 Å². The standard InChI is InChI=1S/C11H8ClNO3/c12-8-5-7(6-13)1-2-9(8)16-10-3-4-15-11(10)14/h1-2,5,10H,3-4H2/t10-/m0/s1. The Labute approximate surface area is 97.3 Å². The molecule has 4 nitrogen and oxygen atoms in total. The Hall–Kier alpha value is -1.73. The van der Waals surface area contributed by atoms with Crippen molar-refractivity contribution in [1.82, 2.24) is 0 Å². The maximum atomic E-state index is 11.2. The molecule has 1 fully saturated rings. The summed E-state index contributed by atoms with van der Waals surface area (Å²) in [6, 6.07) is 6.62. The second-order valence-electron chi connectivity index (χ2n) is 3.32. The number of hydrogen-bond donors (Lipinski definition) is 0. The number of esters is 1. The van der Waals surface area contributed by atoms with Crippen molar-refractivity contribution in [3.63, 3.8) is 0 Å². The topological polar surface area (TPSA) is 59.3 Å². The van der Waals surface area contributed by atoms with Crippen LogP contribution in [0.5, 0.6) is 5.75 Å². The Bertz CT molecular complexity index is 467. The summed E-state index contributed by atoms with van der Waals surface area (Å²) < 4.78 is 10.2. The molecule has 0 saturated carbocycles. The molecule has 0 amide bonds. The van der Waals surface area contributed by atoms with Crippen LogP contribution in [0.3, 0.4) is 0 Å². The van der Waals surface area contributed by atoms with Gasteiger partial charge in [0.15, 0.2) is 6.10 Å². The molecule has 16 heavy (non-hydrogen) atoms. The van der Waals surface area contributed by atoms with E-state index in [0.29, 0.717) is 29.4 Å². The van der Waals surface area contributed by atoms with Crippen LogP contribution < -0.4 is 4.74 Å². The maximum Gasteiger partial charge on any atom is 0.347 e. The summed E-state index contributed by atoms with van der Waals surface area (Å²) in [6.45, 7) is 0.372. The monoisotopic (exact) mass is 237 g/mol. The predicted molar refractivity (Wildman–Crippen MR) is 56.2 cm³/mol. The molecule has 1 aromatic carbocycles. The van der Waals surface area contributed by atoms with E-state index in [4.69, 9.17) is 26.3 Å². The molecular formula is C11H8ClNO3. The first-order valence-electron chi connectivity index (χ1n) is 4.73. The highest BCUT2D eigenvalue weighted by Gasteiger charge is 2.28. The van der Waals surface area contributed by atoms with Gasteiger partial charge in [-0.05, 0) is 18.2 Å². The first-order valence-corrected chi connectivity index (χ1v) is 5.11. The lowest BCUT2D eigenvalue weighted by Crippen LogP contribution is -2.21. The molecule has 1 saturated heterocycles. The van der Waals surface area contributed by atoms with Crippen molar-refractivity contribution in [3.05, 3.63) is 28.8 Å². The van der Waals surface area contributed by atoms with E-state index < -0.39 is 6.10 Å². The zero-order valence-corrected chi connectivity index (χ0v) is 9.03. The minimum atomic E-state index is -0.592. The Balaban J connectivity index is 2.16. The number of rotatable bonds is 2. The number of nitrogens with zero attached hydrogens (tertiary/aromatic N) is 1. The fourth-order valence-electron chi connectivity index (χ4n) is 1.40. The molecule has 0 N–H and O–H groups in total. The normalized spacial score (nSPS) is 19.0. The highest BCUT2D eigenvalue weighted by Crippen LogP contribution is 2.27. The molecule has 1 heterocycles. The van der Waals surface area contributed by atoms with Crippen LogP contribution in [0.25, 0.3) is 0 Å². The lowest BCUT2D eigenvalue weighted by atomic mass is 10.2. The fourth-order valence-corrected chi connectivity index (χ4v) is 1.63. The predicted octanol–water partition coefficient (Wildman–Crippen LogP) is 1.91. The van der Waals surface area contributed by atoms with Gasteiger partial charge in [-0.3, -0.25) is 0 Å². The van der Waals surface area contributed by atoms with Gasteiger partial charge in [-0.1, -0.05) is 11.6 Å². The Morgan fingerprint density at radius 3 is 2.94 bits per heavy atom. The van der Waals surface area contributed by atoms with Crippen molar-refractivity contribution in [3.8, 4) is 11.8 Å². The number of benzene rings is 1. The second kappa shape index (κ2) is 4.42. The zero-order valence-electron chi connectivity index (χ0n) is 8.27. The average molecular weight is 238 g/mol. The molecule has 5 heteroatoms. The van der Waals surface area contributed by atoms with E-state index in [9.17, 15) is 4.79 Å². The van der Waals surface area contributed by atoms with Crippen LogP contribution >= 0.6 is 11.6 Å². The highest BCUT2D eigenvalue weighted by atomic mass is 35.5. The van der Waals surface area contributed by atoms with Crippen LogP contribution in [0.4, 0.5) is 0 Å². The minimum absolute atomic E-state index is 0.318. The van der Waals surface area contributed by atoms with Crippen LogP contribution in [0.2, 0.25) is 5.02 Å². The van der Waals surface area contributed by atoms with E-state index in [2.05, 4.69) is 0 Å². The van der Waals surface area contributed by atoms with Crippen molar-refractivity contribution in [2.24, 2.45) is 0 Å². The summed E-state index contributed by atoms with van der Waals surface area (Å²) in [5.74, 6) is 0.0185. The largest absolute Gasteiger partial charge is 0.477 e. The maximum absolute atomic E-state index is 11.2. The molecule has 0 radical (unpaired) electrons. The Morgan fingerprint density at radius 1 is 1.56 bits per heavy atom. The van der Waals surface area contributed by atoms with Gasteiger partial charge in [0.1, 0.15) is 5.75 Å². The van der Waals surface area contributed by atoms with E-state index >= 15 is 0 Å². The van der Waals surface area contributed by atoms with Gasteiger partial charge >= 0.3 is 5.97 Å². The molecular weight excluding hydrogens is 230 g/mol. The van der Waals surface area contributed by atoms with E-state index in [-0.39, 0.29) is 5.97 Å². The Morgan fingerprint density at radius 2 is 2.38 bits per heavy atom. The average Bonchev–Trinajstić information content (AvgIpc) is 2.67. The molecule has 0 aliphatic carbocycles. The SMILES string of the molecule is N#Cc1ccc(O[C@H]2CCOC2=O)c(Cl)c1. The molecule has 2 rings (SSSR count). The number of cyclic esters (lactones) is 1. The van der Waals surface area contributed by atoms with E-state index in [1.807, 2.05) is 6.07 Å². The molecule has 1 aliphatic heterocycles. The number of carbonyl (C=O) groups excluding carboxylic acids is 1. The van der Waals surface area contributed by atoms with Crippen LogP contribution in [0, 0.1) is 11.3 Å². The molecule has 1 atom stereocenters. The van der Waals surface area contributed by atoms with Crippen LogP contribution in [-0.2, 0) is 9.53 Å². The minimum Gasteiger partial charge on any atom is -0.477 e. The first kappa shape index (κ1) is 10.8. The van der Waals surface area contributed by atoms with Crippen molar-refractivity contribution in [2.45, 2.75) is 12.5 Å². The summed E-state index contributed by atoms with van der Waals surface area (Å²) in [4.78, 5) is 11.2. The van der Waals surface area contributed by atoms with Crippen LogP contribution in [0.1, 0.15) is 12.0 Å². The third-order valence-corrected chi connectivity index (χ3v) is 2.51. The summed E-state index contributed by atoms with van der Waals surface area (Å²) >= 11 is 5.91. The molecule has 0 bridgehead atoms. The summed E-state index contributed by atoms with van der Waals surface area (Å²) in [5.41, 5.74) is 0.450. The molecule has 1 aromatic rings. The smallest absolute Gasteiger partial charge is 0.347 e. The molecule has 0 aromatic heterocycles. The lowest BCUT2D eigenvalue weighted by molar-refractivity contribution is -0.143. The quantitative estimate of drug-likeness (QED) is 0.738. The summed E-state index contributed by atoms with van der Waals surface area (Å²) in [7, 11) is 0. The third kappa shape index (κ3) is 2.10. The number of halogens is 1. The van der Waals surface area contributed by atoms with Crippen LogP contribution in [-0.4, -0.2) is 18.7 Å². The fraction of sp³-hybridized carbons (Fsp3) is 0.273. The second-order valence-corrected chi connectivity index (χ2v) is 3.73. The van der Waals surface area contributed by atoms with Crippen molar-refractivity contribution < 1.29 is 14.3 Å².